The normalized spacial score (nSPS) is 32.2. The zero-order valence-corrected chi connectivity index (χ0v) is 14.2. The molecule has 0 aromatic carbocycles. The van der Waals surface area contributed by atoms with Crippen LogP contribution in [0.15, 0.2) is 11.6 Å². The molecule has 3 rings (SSSR count). The van der Waals surface area contributed by atoms with E-state index in [0.717, 1.165) is 38.8 Å². The minimum Gasteiger partial charge on any atom is -0.379 e. The van der Waals surface area contributed by atoms with E-state index in [9.17, 15) is 10.1 Å². The Morgan fingerprint density at radius 1 is 1.35 bits per heavy atom. The standard InChI is InChI=1S/C18H26N3O2/c1-17(2,20-8-10-23-11-9-20)12-14(13-19)16(22)21-15-4-6-18(21,3)7-5-15/h12,15H,3-11H2,1-2H3/b14-12+. The summed E-state index contributed by atoms with van der Waals surface area (Å²) < 4.78 is 5.39. The maximum Gasteiger partial charge on any atom is 0.264 e. The number of morpholine rings is 1. The molecule has 5 heteroatoms. The highest BCUT2D eigenvalue weighted by molar-refractivity contribution is 5.98. The minimum atomic E-state index is -0.336. The third-order valence-corrected chi connectivity index (χ3v) is 5.66. The molecular formula is C18H26N3O2. The summed E-state index contributed by atoms with van der Waals surface area (Å²) in [5, 5.41) is 9.57. The maximum absolute atomic E-state index is 13.0. The molecule has 3 heterocycles. The SMILES string of the molecule is [CH2]C12CCC(CC1)N2C(=O)/C(C#N)=C/C(C)(C)N1CCOCC1. The van der Waals surface area contributed by atoms with Crippen LogP contribution in [-0.4, -0.2) is 59.1 Å². The number of nitrogens with zero attached hydrogens (tertiary/aromatic N) is 3. The monoisotopic (exact) mass is 316 g/mol. The van der Waals surface area contributed by atoms with Gasteiger partial charge < -0.3 is 9.64 Å². The van der Waals surface area contributed by atoms with Gasteiger partial charge in [0.1, 0.15) is 11.6 Å². The second kappa shape index (κ2) is 5.92. The van der Waals surface area contributed by atoms with Crippen LogP contribution in [0.2, 0.25) is 0 Å². The van der Waals surface area contributed by atoms with Crippen molar-refractivity contribution in [1.82, 2.24) is 9.80 Å². The number of carbonyl (C=O) groups is 1. The lowest BCUT2D eigenvalue weighted by molar-refractivity contribution is -0.129. The quantitative estimate of drug-likeness (QED) is 0.589. The number of nitriles is 1. The molecule has 0 unspecified atom stereocenters. The van der Waals surface area contributed by atoms with Crippen LogP contribution in [0.5, 0.6) is 0 Å². The largest absolute Gasteiger partial charge is 0.379 e. The number of rotatable bonds is 3. The van der Waals surface area contributed by atoms with E-state index in [-0.39, 0.29) is 28.6 Å². The number of hydrogen-bond acceptors (Lipinski definition) is 4. The van der Waals surface area contributed by atoms with Gasteiger partial charge in [-0.1, -0.05) is 0 Å². The molecule has 125 valence electrons. The van der Waals surface area contributed by atoms with Crippen molar-refractivity contribution in [1.29, 1.82) is 5.26 Å². The third kappa shape index (κ3) is 2.90. The molecule has 5 nitrogen and oxygen atoms in total. The molecule has 0 atom stereocenters. The molecule has 0 saturated carbocycles. The molecule has 0 aromatic heterocycles. The molecule has 1 amide bonds. The first-order valence-corrected chi connectivity index (χ1v) is 8.52. The number of hydrogen-bond donors (Lipinski definition) is 0. The first kappa shape index (κ1) is 16.5. The highest BCUT2D eigenvalue weighted by Crippen LogP contribution is 2.46. The number of carbonyl (C=O) groups excluding carboxylic acids is 1. The molecule has 23 heavy (non-hydrogen) atoms. The zero-order valence-electron chi connectivity index (χ0n) is 14.2. The fourth-order valence-corrected chi connectivity index (χ4v) is 4.26. The van der Waals surface area contributed by atoms with Crippen LogP contribution in [0.3, 0.4) is 0 Å². The molecule has 0 N–H and O–H groups in total. The van der Waals surface area contributed by atoms with Crippen molar-refractivity contribution < 1.29 is 9.53 Å². The van der Waals surface area contributed by atoms with Crippen LogP contribution in [0.1, 0.15) is 39.5 Å². The molecule has 3 aliphatic heterocycles. The predicted molar refractivity (Wildman–Crippen MR) is 87.4 cm³/mol. The highest BCUT2D eigenvalue weighted by Gasteiger charge is 2.51. The molecule has 3 saturated heterocycles. The summed E-state index contributed by atoms with van der Waals surface area (Å²) in [7, 11) is 0. The lowest BCUT2D eigenvalue weighted by Crippen LogP contribution is -2.49. The van der Waals surface area contributed by atoms with E-state index in [1.807, 2.05) is 11.0 Å². The Balaban J connectivity index is 1.81. The van der Waals surface area contributed by atoms with Gasteiger partial charge in [-0.15, -0.1) is 0 Å². The molecule has 0 aromatic rings. The smallest absolute Gasteiger partial charge is 0.264 e. The van der Waals surface area contributed by atoms with E-state index < -0.39 is 0 Å². The van der Waals surface area contributed by atoms with Crippen LogP contribution in [-0.2, 0) is 9.53 Å². The van der Waals surface area contributed by atoms with Gasteiger partial charge in [0, 0.05) is 30.2 Å². The minimum absolute atomic E-state index is 0.135. The average molecular weight is 316 g/mol. The summed E-state index contributed by atoms with van der Waals surface area (Å²) in [6.45, 7) is 11.4. The summed E-state index contributed by atoms with van der Waals surface area (Å²) in [6, 6.07) is 2.41. The predicted octanol–water partition coefficient (Wildman–Crippen LogP) is 1.90. The Labute approximate surface area is 138 Å². The zero-order chi connectivity index (χ0) is 16.7. The Bertz CT molecular complexity index is 547. The lowest BCUT2D eigenvalue weighted by atomic mass is 9.90. The van der Waals surface area contributed by atoms with Crippen molar-refractivity contribution in [3.63, 3.8) is 0 Å². The number of fused-ring (bicyclic) bond motifs is 2. The van der Waals surface area contributed by atoms with Gasteiger partial charge in [0.15, 0.2) is 0 Å². The Hall–Kier alpha value is -1.38. The molecule has 3 fully saturated rings. The second-order valence-corrected chi connectivity index (χ2v) is 7.55. The van der Waals surface area contributed by atoms with E-state index >= 15 is 0 Å². The van der Waals surface area contributed by atoms with Gasteiger partial charge in [-0.05, 0) is 52.5 Å². The van der Waals surface area contributed by atoms with Crippen LogP contribution in [0.25, 0.3) is 0 Å². The number of amides is 1. The summed E-state index contributed by atoms with van der Waals surface area (Å²) in [5.41, 5.74) is -0.374. The summed E-state index contributed by atoms with van der Waals surface area (Å²) in [6.07, 6.45) is 5.77. The molecule has 2 bridgehead atoms. The van der Waals surface area contributed by atoms with Crippen LogP contribution in [0.4, 0.5) is 0 Å². The Kier molecular flexibility index (Phi) is 4.24. The molecular weight excluding hydrogens is 290 g/mol. The van der Waals surface area contributed by atoms with Gasteiger partial charge in [-0.2, -0.15) is 5.26 Å². The van der Waals surface area contributed by atoms with Crippen molar-refractivity contribution in [3.8, 4) is 6.07 Å². The fraction of sp³-hybridized carbons (Fsp3) is 0.722. The van der Waals surface area contributed by atoms with Crippen molar-refractivity contribution in [2.45, 2.75) is 56.7 Å². The van der Waals surface area contributed by atoms with Crippen molar-refractivity contribution in [3.05, 3.63) is 18.6 Å². The van der Waals surface area contributed by atoms with Crippen molar-refractivity contribution >= 4 is 5.91 Å². The van der Waals surface area contributed by atoms with Crippen LogP contribution < -0.4 is 0 Å². The summed E-state index contributed by atoms with van der Waals surface area (Å²) >= 11 is 0. The van der Waals surface area contributed by atoms with E-state index in [1.165, 1.54) is 0 Å². The number of ether oxygens (including phenoxy) is 1. The van der Waals surface area contributed by atoms with Gasteiger partial charge in [-0.3, -0.25) is 9.69 Å². The molecule has 3 aliphatic rings. The summed E-state index contributed by atoms with van der Waals surface area (Å²) in [5.74, 6) is -0.135. The van der Waals surface area contributed by atoms with Crippen LogP contribution >= 0.6 is 0 Å². The van der Waals surface area contributed by atoms with Gasteiger partial charge in [0.25, 0.3) is 5.91 Å². The van der Waals surface area contributed by atoms with Crippen molar-refractivity contribution in [2.75, 3.05) is 26.3 Å². The Morgan fingerprint density at radius 3 is 2.43 bits per heavy atom. The first-order chi connectivity index (χ1) is 10.9. The second-order valence-electron chi connectivity index (χ2n) is 7.55. The average Bonchev–Trinajstić information content (AvgIpc) is 3.05. The molecule has 0 spiro atoms. The van der Waals surface area contributed by atoms with Crippen molar-refractivity contribution in [2.24, 2.45) is 0 Å². The van der Waals surface area contributed by atoms with Gasteiger partial charge in [0.05, 0.1) is 13.2 Å². The topological polar surface area (TPSA) is 56.6 Å². The summed E-state index contributed by atoms with van der Waals surface area (Å²) in [4.78, 5) is 17.1. The first-order valence-electron chi connectivity index (χ1n) is 8.52. The molecule has 0 aliphatic carbocycles. The van der Waals surface area contributed by atoms with Gasteiger partial charge >= 0.3 is 0 Å². The van der Waals surface area contributed by atoms with E-state index in [1.54, 1.807) is 0 Å². The van der Waals surface area contributed by atoms with Gasteiger partial charge in [-0.25, -0.2) is 0 Å². The van der Waals surface area contributed by atoms with Crippen LogP contribution in [0, 0.1) is 18.3 Å². The lowest BCUT2D eigenvalue weighted by Gasteiger charge is -2.39. The fourth-order valence-electron chi connectivity index (χ4n) is 4.26. The van der Waals surface area contributed by atoms with Gasteiger partial charge in [0.2, 0.25) is 0 Å². The van der Waals surface area contributed by atoms with E-state index in [0.29, 0.717) is 13.2 Å². The maximum atomic E-state index is 13.0. The third-order valence-electron chi connectivity index (χ3n) is 5.66. The highest BCUT2D eigenvalue weighted by atomic mass is 16.5. The van der Waals surface area contributed by atoms with E-state index in [2.05, 4.69) is 31.7 Å². The van der Waals surface area contributed by atoms with E-state index in [4.69, 9.17) is 4.74 Å². The Morgan fingerprint density at radius 2 is 1.96 bits per heavy atom. The molecule has 1 radical (unpaired) electrons.